The molecule has 3 aromatic heterocycles. The molecule has 22 nitrogen and oxygen atoms in total. The number of H-pyrrole nitrogens is 1. The number of ether oxygens (including phenoxy) is 5. The highest BCUT2D eigenvalue weighted by molar-refractivity contribution is 7.90. The molecule has 5 aliphatic heterocycles. The van der Waals surface area contributed by atoms with E-state index in [2.05, 4.69) is 71.9 Å². The molecule has 0 bridgehead atoms. The van der Waals surface area contributed by atoms with E-state index in [0.29, 0.717) is 74.8 Å². The van der Waals surface area contributed by atoms with Crippen LogP contribution in [0.5, 0.6) is 11.6 Å². The molecule has 23 heteroatoms. The molecule has 13 rings (SSSR count). The second-order valence-corrected chi connectivity index (χ2v) is 26.9. The summed E-state index contributed by atoms with van der Waals surface area (Å²) in [6, 6.07) is 24.6. The van der Waals surface area contributed by atoms with Gasteiger partial charge >= 0.3 is 0 Å². The van der Waals surface area contributed by atoms with Crippen molar-refractivity contribution in [3.8, 4) is 11.6 Å². The zero-order valence-electron chi connectivity index (χ0n) is 49.8. The normalized spacial score (nSPS) is 24.7. The van der Waals surface area contributed by atoms with Crippen molar-refractivity contribution in [3.05, 3.63) is 124 Å². The van der Waals surface area contributed by atoms with E-state index in [9.17, 15) is 28.4 Å². The number of benzene rings is 3. The summed E-state index contributed by atoms with van der Waals surface area (Å²) in [5.74, 6) is 1.22. The Labute approximate surface area is 507 Å². The number of nitrogens with one attached hydrogen (secondary N) is 3. The first kappa shape index (κ1) is 58.9. The lowest BCUT2D eigenvalue weighted by Crippen LogP contribution is -2.59. The first-order chi connectivity index (χ1) is 42.1. The highest BCUT2D eigenvalue weighted by Gasteiger charge is 2.50. The number of amides is 1. The number of nitro groups is 1. The number of fused-ring (bicyclic) bond motifs is 3. The molecule has 2 aliphatic carbocycles. The number of piperazine rings is 1. The van der Waals surface area contributed by atoms with Gasteiger partial charge in [0.25, 0.3) is 21.6 Å². The summed E-state index contributed by atoms with van der Waals surface area (Å²) in [6.45, 7) is 13.7. The first-order valence-electron chi connectivity index (χ1n) is 30.8. The second kappa shape index (κ2) is 24.5. The number of rotatable bonds is 15. The number of hydrogen-bond donors (Lipinski definition) is 4. The maximum atomic E-state index is 14.9. The number of carbonyl (C=O) groups excluding carboxylic acids is 1. The minimum atomic E-state index is -4.67. The summed E-state index contributed by atoms with van der Waals surface area (Å²) in [7, 11) is -2.95. The number of methoxy groups -OCH3 is 1. The molecule has 0 unspecified atom stereocenters. The molecule has 4 N–H and O–H groups in total. The summed E-state index contributed by atoms with van der Waals surface area (Å²) < 4.78 is 61.4. The summed E-state index contributed by atoms with van der Waals surface area (Å²) in [6.07, 6.45) is 9.66. The molecule has 6 aromatic rings. The van der Waals surface area contributed by atoms with Crippen LogP contribution >= 0.6 is 0 Å². The Morgan fingerprint density at radius 3 is 2.47 bits per heavy atom. The maximum Gasteiger partial charge on any atom is 0.293 e. The fraction of sp³-hybridized carbons (Fsp3) is 0.516. The van der Waals surface area contributed by atoms with Crippen LogP contribution in [0.25, 0.3) is 11.0 Å². The minimum Gasteiger partial charge on any atom is -0.493 e. The molecular weight excluding hydrogens is 1130 g/mol. The third kappa shape index (κ3) is 12.4. The number of aryl methyl sites for hydroxylation is 1. The Hall–Kier alpha value is -7.12. The molecule has 462 valence electrons. The van der Waals surface area contributed by atoms with Crippen LogP contribution in [0, 0.1) is 28.4 Å². The predicted octanol–water partition coefficient (Wildman–Crippen LogP) is 8.11. The predicted molar refractivity (Wildman–Crippen MR) is 330 cm³/mol. The van der Waals surface area contributed by atoms with Gasteiger partial charge in [-0.15, -0.1) is 0 Å². The van der Waals surface area contributed by atoms with Crippen molar-refractivity contribution in [2.45, 2.75) is 107 Å². The van der Waals surface area contributed by atoms with Crippen molar-refractivity contribution >= 4 is 61.2 Å². The molecule has 0 radical (unpaired) electrons. The average Bonchev–Trinajstić information content (AvgIpc) is 1.31. The summed E-state index contributed by atoms with van der Waals surface area (Å²) >= 11 is 0. The number of hydrogen-bond acceptors (Lipinski definition) is 19. The van der Waals surface area contributed by atoms with Crippen molar-refractivity contribution in [2.75, 3.05) is 119 Å². The number of aliphatic hydroxyl groups is 1. The third-order valence-corrected chi connectivity index (χ3v) is 20.8. The van der Waals surface area contributed by atoms with E-state index in [1.54, 1.807) is 19.4 Å². The number of carbonyl (C=O) groups is 1. The largest absolute Gasteiger partial charge is 0.493 e. The number of nitro benzene ring substituents is 1. The quantitative estimate of drug-likeness (QED) is 0.0560. The highest BCUT2D eigenvalue weighted by atomic mass is 32.2. The van der Waals surface area contributed by atoms with Gasteiger partial charge in [0.2, 0.25) is 5.88 Å². The fourth-order valence-electron chi connectivity index (χ4n) is 14.4. The summed E-state index contributed by atoms with van der Waals surface area (Å²) in [5.41, 5.74) is 5.49. The molecule has 87 heavy (non-hydrogen) atoms. The zero-order chi connectivity index (χ0) is 60.0. The number of pyridine rings is 2. The van der Waals surface area contributed by atoms with Crippen LogP contribution in [-0.4, -0.2) is 172 Å². The monoisotopic (exact) mass is 1210 g/mol. The Morgan fingerprint density at radius 2 is 1.69 bits per heavy atom. The topological polar surface area (TPSA) is 243 Å². The van der Waals surface area contributed by atoms with Crippen molar-refractivity contribution in [1.82, 2.24) is 29.5 Å². The van der Waals surface area contributed by atoms with Crippen LogP contribution in [0.2, 0.25) is 0 Å². The smallest absolute Gasteiger partial charge is 0.293 e. The van der Waals surface area contributed by atoms with Gasteiger partial charge in [-0.2, -0.15) is 4.98 Å². The van der Waals surface area contributed by atoms with E-state index in [1.807, 2.05) is 42.3 Å². The zero-order valence-corrected chi connectivity index (χ0v) is 50.6. The molecule has 3 aromatic carbocycles. The number of nitrogens with zero attached hydrogens (tertiary/aromatic N) is 8. The van der Waals surface area contributed by atoms with Gasteiger partial charge < -0.3 is 53.8 Å². The lowest BCUT2D eigenvalue weighted by atomic mass is 9.59. The van der Waals surface area contributed by atoms with Gasteiger partial charge in [-0.1, -0.05) is 24.3 Å². The van der Waals surface area contributed by atoms with Crippen molar-refractivity contribution < 1.29 is 46.9 Å². The van der Waals surface area contributed by atoms with E-state index in [4.69, 9.17) is 33.7 Å². The van der Waals surface area contributed by atoms with Crippen LogP contribution in [0.4, 0.5) is 34.3 Å². The van der Waals surface area contributed by atoms with Gasteiger partial charge in [0.15, 0.2) is 17.7 Å². The van der Waals surface area contributed by atoms with Crippen LogP contribution in [-0.2, 0) is 30.8 Å². The fourth-order valence-corrected chi connectivity index (χ4v) is 15.4. The van der Waals surface area contributed by atoms with Crippen molar-refractivity contribution in [2.24, 2.45) is 11.3 Å². The highest BCUT2D eigenvalue weighted by Crippen LogP contribution is 2.54. The second-order valence-electron chi connectivity index (χ2n) is 25.2. The molecule has 3 atom stereocenters. The summed E-state index contributed by atoms with van der Waals surface area (Å²) in [4.78, 5) is 51.2. The maximum absolute atomic E-state index is 14.9. The van der Waals surface area contributed by atoms with Crippen LogP contribution in [0.15, 0.2) is 96.2 Å². The van der Waals surface area contributed by atoms with Gasteiger partial charge in [-0.25, -0.2) is 18.1 Å². The van der Waals surface area contributed by atoms with E-state index >= 15 is 0 Å². The molecule has 8 heterocycles. The lowest BCUT2D eigenvalue weighted by Gasteiger charge is -2.58. The van der Waals surface area contributed by atoms with Crippen LogP contribution in [0.1, 0.15) is 91.4 Å². The van der Waals surface area contributed by atoms with Crippen molar-refractivity contribution in [3.63, 3.8) is 0 Å². The molecule has 7 aliphatic rings. The molecule has 1 amide bonds. The SMILES string of the molecule is COc1cc(CN2CCN(C3CC4(CCN(c5ccc(C(=O)NS(=O)(=O)c6ccc(NCC7CCC(C)(O)CC7)c([N+](=O)[O-])c6)c(N6C[C@H]7OCCOC[C@@H]7Oc7nc8[nH]ccc8cc76)c5)CC4)C3)[C@H](c3ccccc3C)C2)cnc1N1CCOCC1. The van der Waals surface area contributed by atoms with E-state index in [1.165, 1.54) is 23.3 Å². The van der Waals surface area contributed by atoms with Gasteiger partial charge in [0.1, 0.15) is 23.1 Å². The van der Waals surface area contributed by atoms with Gasteiger partial charge in [-0.3, -0.25) is 24.7 Å². The molecule has 2 saturated carbocycles. The number of morpholine rings is 1. The number of anilines is 5. The van der Waals surface area contributed by atoms with Crippen LogP contribution < -0.4 is 34.2 Å². The van der Waals surface area contributed by atoms with Crippen LogP contribution in [0.3, 0.4) is 0 Å². The summed E-state index contributed by atoms with van der Waals surface area (Å²) in [5, 5.41) is 26.9. The van der Waals surface area contributed by atoms with E-state index < -0.39 is 49.2 Å². The Morgan fingerprint density at radius 1 is 0.885 bits per heavy atom. The number of piperidine rings is 1. The van der Waals surface area contributed by atoms with E-state index in [-0.39, 0.29) is 41.8 Å². The van der Waals surface area contributed by atoms with Gasteiger partial charge in [0, 0.05) is 101 Å². The molecule has 6 fully saturated rings. The van der Waals surface area contributed by atoms with Gasteiger partial charge in [-0.05, 0) is 142 Å². The molecule has 1 spiro atoms. The first-order valence-corrected chi connectivity index (χ1v) is 32.3. The number of sulfonamides is 1. The van der Waals surface area contributed by atoms with Gasteiger partial charge in [0.05, 0.1) is 73.4 Å². The lowest BCUT2D eigenvalue weighted by molar-refractivity contribution is -0.384. The standard InChI is InChI=1S/C64H79N11O11S/c1-42-6-4-5-7-49(42)55-39-70(38-44-30-56(82-3)60(67-37-44)72-24-26-83-27-25-72)22-23-73(55)47-34-64(35-47)17-20-71(21-18-64)46-8-10-50(52(32-46)74-40-57-58(41-84-28-29-85-57)86-62-54(74)31-45-14-19-65-59(45)68-62)61(76)69-87(80,81)48-9-11-51(53(33-48)75(78)79)66-36-43-12-15-63(2,77)16-13-43/h4-11,14,19,30-33,37,43,47,55,57-58,66,77H,12-13,15-18,20-29,34-36,38-41H2,1-3H3,(H,65,68)(H,69,76)/t43?,55-,57+,58-,63?/m0/s1. The molecule has 4 saturated heterocycles. The molecular formula is C64H79N11O11S. The Bertz CT molecular complexity index is 3610. The average molecular weight is 1210 g/mol. The number of aromatic amines is 1. The number of aromatic nitrogens is 3. The van der Waals surface area contributed by atoms with E-state index in [0.717, 1.165) is 125 Å². The minimum absolute atomic E-state index is 0.0571. The third-order valence-electron chi connectivity index (χ3n) is 19.5. The Kier molecular flexibility index (Phi) is 16.5. The van der Waals surface area contributed by atoms with Crippen molar-refractivity contribution in [1.29, 1.82) is 0 Å². The Balaban J connectivity index is 0.743.